The summed E-state index contributed by atoms with van der Waals surface area (Å²) in [5.41, 5.74) is -0.509. The maximum Gasteiger partial charge on any atom is 0.309 e. The Morgan fingerprint density at radius 1 is 1.05 bits per heavy atom. The summed E-state index contributed by atoms with van der Waals surface area (Å²) in [5.74, 6) is -1.29. The molecule has 0 spiro atoms. The van der Waals surface area contributed by atoms with Crippen molar-refractivity contribution in [2.24, 2.45) is 17.3 Å². The average molecular weight is 270 g/mol. The third-order valence-electron chi connectivity index (χ3n) is 3.48. The quantitative estimate of drug-likeness (QED) is 0.728. The van der Waals surface area contributed by atoms with E-state index in [1.807, 2.05) is 0 Å². The lowest BCUT2D eigenvalue weighted by Crippen LogP contribution is -2.28. The highest BCUT2D eigenvalue weighted by Crippen LogP contribution is 2.32. The molecule has 1 aliphatic carbocycles. The summed E-state index contributed by atoms with van der Waals surface area (Å²) in [4.78, 5) is 34.8. The molecule has 0 aromatic heterocycles. The smallest absolute Gasteiger partial charge is 0.309 e. The van der Waals surface area contributed by atoms with Crippen molar-refractivity contribution >= 4 is 17.7 Å². The number of hydrogen-bond donors (Lipinski definition) is 0. The zero-order valence-corrected chi connectivity index (χ0v) is 12.0. The Hall–Kier alpha value is -1.39. The van der Waals surface area contributed by atoms with Crippen molar-refractivity contribution < 1.29 is 23.9 Å². The highest BCUT2D eigenvalue weighted by atomic mass is 16.5. The first kappa shape index (κ1) is 15.7. The van der Waals surface area contributed by atoms with Gasteiger partial charge in [0.25, 0.3) is 0 Å². The minimum absolute atomic E-state index is 0.108. The lowest BCUT2D eigenvalue weighted by atomic mass is 9.91. The molecule has 0 saturated heterocycles. The minimum atomic E-state index is -0.509. The van der Waals surface area contributed by atoms with Gasteiger partial charge in [-0.15, -0.1) is 0 Å². The fourth-order valence-electron chi connectivity index (χ4n) is 2.05. The number of carbonyl (C=O) groups is 3. The molecule has 0 radical (unpaired) electrons. The van der Waals surface area contributed by atoms with Gasteiger partial charge in [-0.25, -0.2) is 0 Å². The number of Topliss-reactive ketones (excluding diaryl/α,β-unsaturated/α-hetero) is 1. The van der Waals surface area contributed by atoms with Crippen LogP contribution in [-0.4, -0.2) is 31.4 Å². The summed E-state index contributed by atoms with van der Waals surface area (Å²) in [5, 5.41) is 0. The second-order valence-corrected chi connectivity index (χ2v) is 6.01. The first-order valence-electron chi connectivity index (χ1n) is 6.53. The molecule has 0 aromatic rings. The van der Waals surface area contributed by atoms with Gasteiger partial charge in [0.1, 0.15) is 0 Å². The Balaban J connectivity index is 2.40. The summed E-state index contributed by atoms with van der Waals surface area (Å²) in [6, 6.07) is 0. The first-order chi connectivity index (χ1) is 8.75. The van der Waals surface area contributed by atoms with Crippen molar-refractivity contribution in [2.75, 3.05) is 13.7 Å². The summed E-state index contributed by atoms with van der Waals surface area (Å²) in [6.45, 7) is 5.16. The normalized spacial score (nSPS) is 22.9. The lowest BCUT2D eigenvalue weighted by molar-refractivity contribution is -0.154. The molecule has 0 bridgehead atoms. The summed E-state index contributed by atoms with van der Waals surface area (Å²) in [7, 11) is 1.34. The van der Waals surface area contributed by atoms with Crippen LogP contribution in [0.4, 0.5) is 0 Å². The average Bonchev–Trinajstić information content (AvgIpc) is 2.82. The monoisotopic (exact) mass is 270 g/mol. The minimum Gasteiger partial charge on any atom is -0.469 e. The van der Waals surface area contributed by atoms with Crippen molar-refractivity contribution in [3.05, 3.63) is 0 Å². The van der Waals surface area contributed by atoms with E-state index in [1.165, 1.54) is 7.11 Å². The van der Waals surface area contributed by atoms with Crippen LogP contribution in [0.2, 0.25) is 0 Å². The third kappa shape index (κ3) is 4.33. The van der Waals surface area contributed by atoms with Gasteiger partial charge >= 0.3 is 11.9 Å². The summed E-state index contributed by atoms with van der Waals surface area (Å²) >= 11 is 0. The fraction of sp³-hybridized carbons (Fsp3) is 0.786. The van der Waals surface area contributed by atoms with Gasteiger partial charge < -0.3 is 9.47 Å². The molecule has 0 aliphatic heterocycles. The molecule has 5 heteroatoms. The van der Waals surface area contributed by atoms with Crippen molar-refractivity contribution in [3.8, 4) is 0 Å². The lowest BCUT2D eigenvalue weighted by Gasteiger charge is -2.17. The van der Waals surface area contributed by atoms with Crippen molar-refractivity contribution in [1.82, 2.24) is 0 Å². The maximum absolute atomic E-state index is 11.8. The van der Waals surface area contributed by atoms with Gasteiger partial charge in [-0.3, -0.25) is 14.4 Å². The zero-order valence-electron chi connectivity index (χ0n) is 12.0. The third-order valence-corrected chi connectivity index (χ3v) is 3.48. The predicted octanol–water partition coefficient (Wildman–Crippen LogP) is 1.73. The number of carbonyl (C=O) groups excluding carboxylic acids is 3. The highest BCUT2D eigenvalue weighted by molar-refractivity contribution is 5.87. The second-order valence-electron chi connectivity index (χ2n) is 6.01. The number of esters is 2. The van der Waals surface area contributed by atoms with E-state index in [9.17, 15) is 14.4 Å². The van der Waals surface area contributed by atoms with Crippen LogP contribution < -0.4 is 0 Å². The summed E-state index contributed by atoms with van der Waals surface area (Å²) in [6.07, 6.45) is 1.71. The molecule has 0 N–H and O–H groups in total. The number of rotatable bonds is 4. The van der Waals surface area contributed by atoms with Crippen molar-refractivity contribution in [2.45, 2.75) is 40.0 Å². The van der Waals surface area contributed by atoms with Crippen LogP contribution in [0.25, 0.3) is 0 Å². The van der Waals surface area contributed by atoms with Crippen molar-refractivity contribution in [1.29, 1.82) is 0 Å². The molecule has 0 amide bonds. The Morgan fingerprint density at radius 3 is 2.05 bits per heavy atom. The van der Waals surface area contributed by atoms with Crippen LogP contribution in [0.5, 0.6) is 0 Å². The fourth-order valence-corrected chi connectivity index (χ4v) is 2.05. The van der Waals surface area contributed by atoms with Crippen LogP contribution >= 0.6 is 0 Å². The topological polar surface area (TPSA) is 69.7 Å². The Kier molecular flexibility index (Phi) is 5.09. The molecule has 108 valence electrons. The number of ether oxygens (including phenoxy) is 2. The Bertz CT molecular complexity index is 367. The molecule has 1 fully saturated rings. The van der Waals surface area contributed by atoms with Gasteiger partial charge in [0.15, 0.2) is 12.4 Å². The molecule has 1 aliphatic rings. The molecular weight excluding hydrogens is 248 g/mol. The van der Waals surface area contributed by atoms with Gasteiger partial charge in [0, 0.05) is 5.41 Å². The maximum atomic E-state index is 11.8. The number of ketones is 1. The van der Waals surface area contributed by atoms with E-state index in [4.69, 9.17) is 4.74 Å². The molecule has 0 unspecified atom stereocenters. The van der Waals surface area contributed by atoms with E-state index in [-0.39, 0.29) is 36.2 Å². The van der Waals surface area contributed by atoms with Crippen LogP contribution in [-0.2, 0) is 23.9 Å². The summed E-state index contributed by atoms with van der Waals surface area (Å²) < 4.78 is 9.70. The predicted molar refractivity (Wildman–Crippen MR) is 68.3 cm³/mol. The molecule has 0 heterocycles. The Morgan fingerprint density at radius 2 is 1.58 bits per heavy atom. The van der Waals surface area contributed by atoms with E-state index in [0.717, 1.165) is 0 Å². The van der Waals surface area contributed by atoms with Crippen LogP contribution in [0, 0.1) is 17.3 Å². The molecule has 5 nitrogen and oxygen atoms in total. The molecular formula is C14H22O5. The molecule has 19 heavy (non-hydrogen) atoms. The Labute approximate surface area is 113 Å². The molecule has 2 atom stereocenters. The molecule has 1 rings (SSSR count). The molecule has 1 saturated carbocycles. The van der Waals surface area contributed by atoms with Gasteiger partial charge in [-0.05, 0) is 19.3 Å². The van der Waals surface area contributed by atoms with Gasteiger partial charge in [-0.2, -0.15) is 0 Å². The molecule has 0 aromatic carbocycles. The first-order valence-corrected chi connectivity index (χ1v) is 6.53. The van der Waals surface area contributed by atoms with Crippen LogP contribution in [0.15, 0.2) is 0 Å². The van der Waals surface area contributed by atoms with Crippen molar-refractivity contribution in [3.63, 3.8) is 0 Å². The van der Waals surface area contributed by atoms with E-state index in [2.05, 4.69) is 4.74 Å². The van der Waals surface area contributed by atoms with Crippen LogP contribution in [0.1, 0.15) is 40.0 Å². The standard InChI is InChI=1S/C14H22O5/c1-14(2,3)11(15)8-19-13(17)10-6-5-9(7-10)12(16)18-4/h9-10H,5-8H2,1-4H3/t9-,10+/m1/s1. The van der Waals surface area contributed by atoms with E-state index in [1.54, 1.807) is 20.8 Å². The SMILES string of the molecule is COC(=O)[C@@H]1CC[C@H](C(=O)OCC(=O)C(C)(C)C)C1. The van der Waals surface area contributed by atoms with E-state index in [0.29, 0.717) is 19.3 Å². The highest BCUT2D eigenvalue weighted by Gasteiger charge is 2.36. The number of hydrogen-bond acceptors (Lipinski definition) is 5. The van der Waals surface area contributed by atoms with Gasteiger partial charge in [0.2, 0.25) is 0 Å². The largest absolute Gasteiger partial charge is 0.469 e. The van der Waals surface area contributed by atoms with Gasteiger partial charge in [-0.1, -0.05) is 20.8 Å². The van der Waals surface area contributed by atoms with E-state index < -0.39 is 5.41 Å². The van der Waals surface area contributed by atoms with E-state index >= 15 is 0 Å². The number of methoxy groups -OCH3 is 1. The zero-order chi connectivity index (χ0) is 14.6. The van der Waals surface area contributed by atoms with Crippen LogP contribution in [0.3, 0.4) is 0 Å². The van der Waals surface area contributed by atoms with Gasteiger partial charge in [0.05, 0.1) is 18.9 Å². The second kappa shape index (κ2) is 6.17.